The Labute approximate surface area is 97.3 Å². The molecule has 5 nitrogen and oxygen atoms in total. The molecule has 0 aromatic rings. The first-order chi connectivity index (χ1) is 7.37. The summed E-state index contributed by atoms with van der Waals surface area (Å²) in [5, 5.41) is 9.82. The van der Waals surface area contributed by atoms with Gasteiger partial charge in [-0.2, -0.15) is 0 Å². The number of hydrogen-bond acceptors (Lipinski definition) is 5. The van der Waals surface area contributed by atoms with Crippen molar-refractivity contribution in [1.29, 1.82) is 0 Å². The lowest BCUT2D eigenvalue weighted by Crippen LogP contribution is -2.49. The summed E-state index contributed by atoms with van der Waals surface area (Å²) in [6.07, 6.45) is 0.295. The van der Waals surface area contributed by atoms with Gasteiger partial charge < -0.3 is 18.7 Å². The highest BCUT2D eigenvalue weighted by Gasteiger charge is 2.38. The Morgan fingerprint density at radius 2 is 1.94 bits per heavy atom. The Morgan fingerprint density at radius 3 is 2.31 bits per heavy atom. The van der Waals surface area contributed by atoms with E-state index in [1.54, 1.807) is 13.5 Å². The van der Waals surface area contributed by atoms with Crippen LogP contribution in [0, 0.1) is 0 Å². The zero-order chi connectivity index (χ0) is 12.8. The minimum absolute atomic E-state index is 0.127. The van der Waals surface area contributed by atoms with Crippen molar-refractivity contribution in [1.82, 2.24) is 0 Å². The van der Waals surface area contributed by atoms with Crippen LogP contribution in [0.2, 0.25) is 6.55 Å². The van der Waals surface area contributed by atoms with Crippen molar-refractivity contribution in [2.24, 2.45) is 0 Å². The van der Waals surface area contributed by atoms with Crippen LogP contribution in [0.15, 0.2) is 12.2 Å². The molecular weight excluding hydrogens is 228 g/mol. The number of ether oxygens (including phenoxy) is 1. The lowest BCUT2D eigenvalue weighted by atomic mass is 10.4. The summed E-state index contributed by atoms with van der Waals surface area (Å²) < 4.78 is 15.2. The average molecular weight is 248 g/mol. The molecule has 6 heteroatoms. The fourth-order valence-electron chi connectivity index (χ4n) is 1.00. The van der Waals surface area contributed by atoms with E-state index in [0.29, 0.717) is 12.0 Å². The number of aliphatic hydroxyl groups excluding tert-OH is 1. The van der Waals surface area contributed by atoms with Crippen LogP contribution < -0.4 is 0 Å². The lowest BCUT2D eigenvalue weighted by molar-refractivity contribution is -0.139. The summed E-state index contributed by atoms with van der Waals surface area (Å²) in [5.74, 6) is -0.453. The van der Waals surface area contributed by atoms with E-state index in [2.05, 4.69) is 6.58 Å². The average Bonchev–Trinajstić information content (AvgIpc) is 2.27. The van der Waals surface area contributed by atoms with Gasteiger partial charge in [0.1, 0.15) is 5.73 Å². The van der Waals surface area contributed by atoms with E-state index in [4.69, 9.17) is 13.6 Å². The van der Waals surface area contributed by atoms with E-state index in [9.17, 15) is 9.90 Å². The largest absolute Gasteiger partial charge is 0.462 e. The normalized spacial score (nSPS) is 13.3. The third-order valence-corrected chi connectivity index (χ3v) is 5.51. The third-order valence-electron chi connectivity index (χ3n) is 2.39. The van der Waals surface area contributed by atoms with Gasteiger partial charge in [0.05, 0.1) is 6.61 Å². The molecule has 0 aromatic heterocycles. The summed E-state index contributed by atoms with van der Waals surface area (Å²) in [4.78, 5) is 11.1. The first kappa shape index (κ1) is 15.3. The van der Waals surface area contributed by atoms with Crippen molar-refractivity contribution >= 4 is 14.5 Å². The zero-order valence-electron chi connectivity index (χ0n) is 10.3. The predicted octanol–water partition coefficient (Wildman–Crippen LogP) is 0.761. The van der Waals surface area contributed by atoms with Crippen LogP contribution in [-0.2, 0) is 18.4 Å². The number of rotatable bonds is 7. The Kier molecular flexibility index (Phi) is 6.50. The topological polar surface area (TPSA) is 65.0 Å². The summed E-state index contributed by atoms with van der Waals surface area (Å²) >= 11 is 0. The van der Waals surface area contributed by atoms with Gasteiger partial charge in [0.25, 0.3) is 0 Å². The molecule has 0 aliphatic rings. The van der Waals surface area contributed by atoms with E-state index in [1.807, 2.05) is 0 Å². The van der Waals surface area contributed by atoms with E-state index in [-0.39, 0.29) is 6.61 Å². The van der Waals surface area contributed by atoms with Gasteiger partial charge in [-0.05, 0) is 13.5 Å². The number of esters is 1. The summed E-state index contributed by atoms with van der Waals surface area (Å²) in [6, 6.07) is 0. The highest BCUT2D eigenvalue weighted by molar-refractivity contribution is 6.67. The second-order valence-corrected chi connectivity index (χ2v) is 7.16. The molecule has 0 aliphatic heterocycles. The molecule has 0 radical (unpaired) electrons. The number of carbonyl (C=O) groups excluding carboxylic acids is 1. The molecule has 16 heavy (non-hydrogen) atoms. The molecule has 0 heterocycles. The van der Waals surface area contributed by atoms with Crippen LogP contribution in [-0.4, -0.2) is 46.2 Å². The first-order valence-corrected chi connectivity index (χ1v) is 7.37. The highest BCUT2D eigenvalue weighted by Crippen LogP contribution is 2.13. The minimum Gasteiger partial charge on any atom is -0.462 e. The second kappa shape index (κ2) is 6.80. The third kappa shape index (κ3) is 4.44. The molecule has 0 saturated heterocycles. The van der Waals surface area contributed by atoms with Crippen LogP contribution in [0.25, 0.3) is 0 Å². The van der Waals surface area contributed by atoms with Gasteiger partial charge in [-0.25, -0.2) is 4.79 Å². The zero-order valence-corrected chi connectivity index (χ0v) is 11.3. The molecule has 1 unspecified atom stereocenters. The molecular formula is C10H20O5Si. The SMILES string of the molecule is C=C(C)C(=O)OCCC(O)[Si](C)(OC)OC. The van der Waals surface area contributed by atoms with E-state index >= 15 is 0 Å². The highest BCUT2D eigenvalue weighted by atomic mass is 28.4. The summed E-state index contributed by atoms with van der Waals surface area (Å²) in [6.45, 7) is 6.90. The van der Waals surface area contributed by atoms with E-state index in [0.717, 1.165) is 0 Å². The first-order valence-electron chi connectivity index (χ1n) is 4.98. The van der Waals surface area contributed by atoms with Crippen molar-refractivity contribution in [2.75, 3.05) is 20.8 Å². The van der Waals surface area contributed by atoms with Gasteiger partial charge >= 0.3 is 14.5 Å². The van der Waals surface area contributed by atoms with Crippen molar-refractivity contribution in [3.8, 4) is 0 Å². The van der Waals surface area contributed by atoms with Crippen molar-refractivity contribution in [3.63, 3.8) is 0 Å². The molecule has 0 saturated carbocycles. The van der Waals surface area contributed by atoms with Gasteiger partial charge in [0.2, 0.25) is 0 Å². The van der Waals surface area contributed by atoms with E-state index < -0.39 is 20.3 Å². The molecule has 0 spiro atoms. The Hall–Kier alpha value is -0.693. The molecule has 94 valence electrons. The van der Waals surface area contributed by atoms with Crippen molar-refractivity contribution in [2.45, 2.75) is 25.6 Å². The van der Waals surface area contributed by atoms with Crippen LogP contribution in [0.1, 0.15) is 13.3 Å². The molecule has 0 bridgehead atoms. The molecule has 1 N–H and O–H groups in total. The molecule has 0 amide bonds. The standard InChI is InChI=1S/C10H20O5Si/c1-8(2)10(12)15-7-6-9(11)16(5,13-3)14-4/h9,11H,1,6-7H2,2-5H3. The van der Waals surface area contributed by atoms with Crippen LogP contribution >= 0.6 is 0 Å². The second-order valence-electron chi connectivity index (χ2n) is 3.64. The maximum atomic E-state index is 11.1. The van der Waals surface area contributed by atoms with Crippen LogP contribution in [0.5, 0.6) is 0 Å². The number of aliphatic hydroxyl groups is 1. The van der Waals surface area contributed by atoms with Gasteiger partial charge in [0.15, 0.2) is 0 Å². The molecule has 0 fully saturated rings. The quantitative estimate of drug-likeness (QED) is 0.409. The Balaban J connectivity index is 4.02. The lowest BCUT2D eigenvalue weighted by Gasteiger charge is -2.27. The fourth-order valence-corrected chi connectivity index (χ4v) is 2.36. The van der Waals surface area contributed by atoms with Crippen LogP contribution in [0.4, 0.5) is 0 Å². The maximum Gasteiger partial charge on any atom is 0.364 e. The summed E-state index contributed by atoms with van der Waals surface area (Å²) in [5.41, 5.74) is -0.395. The van der Waals surface area contributed by atoms with Crippen LogP contribution in [0.3, 0.4) is 0 Å². The predicted molar refractivity (Wildman–Crippen MR) is 62.0 cm³/mol. The molecule has 0 aromatic carbocycles. The Bertz CT molecular complexity index is 250. The molecule has 0 aliphatic carbocycles. The van der Waals surface area contributed by atoms with Crippen molar-refractivity contribution < 1.29 is 23.5 Å². The molecule has 0 rings (SSSR count). The van der Waals surface area contributed by atoms with Gasteiger partial charge in [-0.3, -0.25) is 0 Å². The molecule has 1 atom stereocenters. The minimum atomic E-state index is -2.56. The van der Waals surface area contributed by atoms with Gasteiger partial charge in [-0.1, -0.05) is 6.58 Å². The van der Waals surface area contributed by atoms with Gasteiger partial charge in [0, 0.05) is 26.2 Å². The maximum absolute atomic E-state index is 11.1. The van der Waals surface area contributed by atoms with Crippen molar-refractivity contribution in [3.05, 3.63) is 12.2 Å². The smallest absolute Gasteiger partial charge is 0.364 e. The Morgan fingerprint density at radius 1 is 1.44 bits per heavy atom. The number of carbonyl (C=O) groups is 1. The van der Waals surface area contributed by atoms with Gasteiger partial charge in [-0.15, -0.1) is 0 Å². The van der Waals surface area contributed by atoms with E-state index in [1.165, 1.54) is 14.2 Å². The monoisotopic (exact) mass is 248 g/mol. The number of hydrogen-bond donors (Lipinski definition) is 1. The fraction of sp³-hybridized carbons (Fsp3) is 0.700. The summed E-state index contributed by atoms with van der Waals surface area (Å²) in [7, 11) is 0.440.